The van der Waals surface area contributed by atoms with Gasteiger partial charge in [-0.05, 0) is 31.0 Å². The Morgan fingerprint density at radius 3 is 2.59 bits per heavy atom. The van der Waals surface area contributed by atoms with Crippen LogP contribution in [0.2, 0.25) is 0 Å². The summed E-state index contributed by atoms with van der Waals surface area (Å²) in [5.74, 6) is 0.209. The molecule has 0 saturated heterocycles. The molecule has 0 spiro atoms. The molecule has 92 valence electrons. The Bertz CT molecular complexity index is 422. The third kappa shape index (κ3) is 2.28. The Hall–Kier alpha value is -1.51. The van der Waals surface area contributed by atoms with Crippen molar-refractivity contribution in [2.24, 2.45) is 5.41 Å². The molecule has 1 amide bonds. The van der Waals surface area contributed by atoms with Gasteiger partial charge in [-0.2, -0.15) is 0 Å². The molecule has 0 bridgehead atoms. The summed E-state index contributed by atoms with van der Waals surface area (Å²) in [6, 6.07) is 7.48. The first-order valence-electron chi connectivity index (χ1n) is 6.17. The van der Waals surface area contributed by atoms with Crippen molar-refractivity contribution >= 4 is 17.3 Å². The molecule has 0 aliphatic heterocycles. The topological polar surface area (TPSA) is 46.3 Å². The zero-order valence-electron chi connectivity index (χ0n) is 10.6. The van der Waals surface area contributed by atoms with Crippen LogP contribution in [0.3, 0.4) is 0 Å². The molecule has 0 heterocycles. The van der Waals surface area contributed by atoms with Gasteiger partial charge < -0.3 is 10.6 Å². The molecule has 1 aromatic carbocycles. The molecule has 2 rings (SSSR count). The van der Waals surface area contributed by atoms with Crippen LogP contribution in [0.1, 0.15) is 32.6 Å². The maximum absolute atomic E-state index is 12.5. The molecule has 0 aromatic heterocycles. The summed E-state index contributed by atoms with van der Waals surface area (Å²) in [6.45, 7) is 2.07. The van der Waals surface area contributed by atoms with Crippen molar-refractivity contribution in [1.29, 1.82) is 0 Å². The predicted octanol–water partition coefficient (Wildman–Crippen LogP) is 2.81. The molecule has 17 heavy (non-hydrogen) atoms. The summed E-state index contributed by atoms with van der Waals surface area (Å²) in [4.78, 5) is 14.2. The summed E-state index contributed by atoms with van der Waals surface area (Å²) >= 11 is 0. The van der Waals surface area contributed by atoms with Crippen molar-refractivity contribution < 1.29 is 4.79 Å². The van der Waals surface area contributed by atoms with Crippen molar-refractivity contribution in [2.75, 3.05) is 17.7 Å². The first-order valence-corrected chi connectivity index (χ1v) is 6.17. The lowest BCUT2D eigenvalue weighted by Gasteiger charge is -2.29. The van der Waals surface area contributed by atoms with Crippen LogP contribution < -0.4 is 10.6 Å². The van der Waals surface area contributed by atoms with Gasteiger partial charge in [0.15, 0.2) is 0 Å². The number of anilines is 2. The molecule has 3 nitrogen and oxygen atoms in total. The normalized spacial score (nSPS) is 18.0. The van der Waals surface area contributed by atoms with Crippen molar-refractivity contribution in [3.63, 3.8) is 0 Å². The van der Waals surface area contributed by atoms with E-state index in [0.717, 1.165) is 31.4 Å². The quantitative estimate of drug-likeness (QED) is 0.797. The van der Waals surface area contributed by atoms with Gasteiger partial charge in [-0.1, -0.05) is 25.8 Å². The minimum atomic E-state index is -0.181. The minimum Gasteiger partial charge on any atom is -0.399 e. The Balaban J connectivity index is 2.20. The molecule has 1 saturated carbocycles. The summed E-state index contributed by atoms with van der Waals surface area (Å²) < 4.78 is 0. The average Bonchev–Trinajstić information content (AvgIpc) is 2.75. The second-order valence-corrected chi connectivity index (χ2v) is 5.23. The smallest absolute Gasteiger partial charge is 0.232 e. The van der Waals surface area contributed by atoms with E-state index < -0.39 is 0 Å². The first-order chi connectivity index (χ1) is 8.03. The van der Waals surface area contributed by atoms with Gasteiger partial charge in [0.05, 0.1) is 0 Å². The lowest BCUT2D eigenvalue weighted by atomic mass is 9.87. The molecule has 0 atom stereocenters. The number of carbonyl (C=O) groups is 1. The standard InChI is InChI=1S/C14H20N2O/c1-14(8-3-4-9-14)13(17)16(2)12-7-5-6-11(15)10-12/h5-7,10H,3-4,8-9,15H2,1-2H3. The summed E-state index contributed by atoms with van der Waals surface area (Å²) in [6.07, 6.45) is 4.32. The van der Waals surface area contributed by atoms with Gasteiger partial charge in [-0.3, -0.25) is 4.79 Å². The van der Waals surface area contributed by atoms with Crippen molar-refractivity contribution in [1.82, 2.24) is 0 Å². The number of nitrogens with zero attached hydrogens (tertiary/aromatic N) is 1. The van der Waals surface area contributed by atoms with Gasteiger partial charge in [0.25, 0.3) is 0 Å². The van der Waals surface area contributed by atoms with Crippen LogP contribution in [-0.4, -0.2) is 13.0 Å². The van der Waals surface area contributed by atoms with Crippen LogP contribution in [0.4, 0.5) is 11.4 Å². The van der Waals surface area contributed by atoms with Gasteiger partial charge in [0.1, 0.15) is 0 Å². The van der Waals surface area contributed by atoms with Crippen molar-refractivity contribution in [3.05, 3.63) is 24.3 Å². The minimum absolute atomic E-state index is 0.181. The van der Waals surface area contributed by atoms with Gasteiger partial charge in [0, 0.05) is 23.8 Å². The average molecular weight is 232 g/mol. The first kappa shape index (κ1) is 12.0. The predicted molar refractivity (Wildman–Crippen MR) is 70.8 cm³/mol. The van der Waals surface area contributed by atoms with E-state index in [1.807, 2.05) is 31.3 Å². The number of nitrogen functional groups attached to an aromatic ring is 1. The third-order valence-corrected chi connectivity index (χ3v) is 3.79. The van der Waals surface area contributed by atoms with E-state index in [1.165, 1.54) is 0 Å². The van der Waals surface area contributed by atoms with E-state index in [-0.39, 0.29) is 11.3 Å². The van der Waals surface area contributed by atoms with Gasteiger partial charge in [-0.25, -0.2) is 0 Å². The molecule has 0 radical (unpaired) electrons. The molecule has 1 aliphatic carbocycles. The largest absolute Gasteiger partial charge is 0.399 e. The van der Waals surface area contributed by atoms with Crippen LogP contribution in [-0.2, 0) is 4.79 Å². The summed E-state index contributed by atoms with van der Waals surface area (Å²) in [5, 5.41) is 0. The highest BCUT2D eigenvalue weighted by molar-refractivity contribution is 5.97. The number of rotatable bonds is 2. The van der Waals surface area contributed by atoms with E-state index in [2.05, 4.69) is 6.92 Å². The van der Waals surface area contributed by atoms with E-state index >= 15 is 0 Å². The van der Waals surface area contributed by atoms with Crippen molar-refractivity contribution in [2.45, 2.75) is 32.6 Å². The second-order valence-electron chi connectivity index (χ2n) is 5.23. The van der Waals surface area contributed by atoms with E-state index in [9.17, 15) is 4.79 Å². The van der Waals surface area contributed by atoms with Crippen LogP contribution in [0, 0.1) is 5.41 Å². The second kappa shape index (κ2) is 4.40. The summed E-state index contributed by atoms with van der Waals surface area (Å²) in [7, 11) is 1.83. The maximum atomic E-state index is 12.5. The number of nitrogens with two attached hydrogens (primary N) is 1. The van der Waals surface area contributed by atoms with E-state index in [1.54, 1.807) is 4.90 Å². The van der Waals surface area contributed by atoms with E-state index in [4.69, 9.17) is 5.73 Å². The number of amides is 1. The number of hydrogen-bond acceptors (Lipinski definition) is 2. The Labute approximate surface area is 103 Å². The maximum Gasteiger partial charge on any atom is 0.232 e. The molecular weight excluding hydrogens is 212 g/mol. The number of carbonyl (C=O) groups excluding carboxylic acids is 1. The van der Waals surface area contributed by atoms with Gasteiger partial charge >= 0.3 is 0 Å². The number of benzene rings is 1. The van der Waals surface area contributed by atoms with Crippen LogP contribution in [0.5, 0.6) is 0 Å². The Morgan fingerprint density at radius 1 is 1.35 bits per heavy atom. The Morgan fingerprint density at radius 2 is 2.00 bits per heavy atom. The van der Waals surface area contributed by atoms with Crippen LogP contribution in [0.25, 0.3) is 0 Å². The molecule has 0 unspecified atom stereocenters. The molecule has 1 aromatic rings. The molecule has 2 N–H and O–H groups in total. The van der Waals surface area contributed by atoms with Gasteiger partial charge in [-0.15, -0.1) is 0 Å². The summed E-state index contributed by atoms with van der Waals surface area (Å²) in [5.41, 5.74) is 7.13. The SMILES string of the molecule is CN(C(=O)C1(C)CCCC1)c1cccc(N)c1. The zero-order chi connectivity index (χ0) is 12.5. The highest BCUT2D eigenvalue weighted by Gasteiger charge is 2.38. The van der Waals surface area contributed by atoms with Crippen LogP contribution in [0.15, 0.2) is 24.3 Å². The molecular formula is C14H20N2O. The fourth-order valence-electron chi connectivity index (χ4n) is 2.62. The fourth-order valence-corrected chi connectivity index (χ4v) is 2.62. The lowest BCUT2D eigenvalue weighted by molar-refractivity contribution is -0.126. The lowest BCUT2D eigenvalue weighted by Crippen LogP contribution is -2.38. The van der Waals surface area contributed by atoms with Gasteiger partial charge in [0.2, 0.25) is 5.91 Å². The monoisotopic (exact) mass is 232 g/mol. The highest BCUT2D eigenvalue weighted by atomic mass is 16.2. The van der Waals surface area contributed by atoms with Crippen LogP contribution >= 0.6 is 0 Å². The molecule has 3 heteroatoms. The van der Waals surface area contributed by atoms with E-state index in [0.29, 0.717) is 5.69 Å². The Kier molecular flexibility index (Phi) is 3.09. The zero-order valence-corrected chi connectivity index (χ0v) is 10.6. The fraction of sp³-hybridized carbons (Fsp3) is 0.500. The molecule has 1 fully saturated rings. The van der Waals surface area contributed by atoms with Crippen molar-refractivity contribution in [3.8, 4) is 0 Å². The highest BCUT2D eigenvalue weighted by Crippen LogP contribution is 2.39. The number of hydrogen-bond donors (Lipinski definition) is 1. The molecule has 1 aliphatic rings. The third-order valence-electron chi connectivity index (χ3n) is 3.79.